The minimum Gasteiger partial charge on any atom is -0.481 e. The molecule has 1 aliphatic rings. The molecular weight excluding hydrogens is 945 g/mol. The Labute approximate surface area is 414 Å². The average Bonchev–Trinajstić information content (AvgIpc) is 3.76. The molecule has 24 heteroatoms. The van der Waals surface area contributed by atoms with E-state index in [4.69, 9.17) is 21.9 Å². The largest absolute Gasteiger partial charge is 0.481 e. The average molecular weight is 1020 g/mol. The van der Waals surface area contributed by atoms with Crippen molar-refractivity contribution in [2.45, 2.75) is 133 Å². The smallest absolute Gasteiger partial charge is 0.305 e. The summed E-state index contributed by atoms with van der Waals surface area (Å²) in [6.07, 6.45) is -0.598. The molecule has 0 radical (unpaired) electrons. The molecule has 0 aromatic heterocycles. The van der Waals surface area contributed by atoms with Gasteiger partial charge in [0.1, 0.15) is 41.7 Å². The Hall–Kier alpha value is -6.66. The number of aliphatic carboxylic acids is 1. The van der Waals surface area contributed by atoms with Gasteiger partial charge in [0.2, 0.25) is 57.3 Å². The van der Waals surface area contributed by atoms with Crippen molar-refractivity contribution >= 4 is 63.3 Å². The summed E-state index contributed by atoms with van der Waals surface area (Å²) in [4.78, 5) is 121. The van der Waals surface area contributed by atoms with Crippen LogP contribution < -0.4 is 47.9 Å². The number of amides is 8. The number of carbonyl (C=O) groups is 9. The second-order valence-corrected chi connectivity index (χ2v) is 19.7. The maximum atomic E-state index is 14.3. The van der Waals surface area contributed by atoms with Crippen LogP contribution in [-0.2, 0) is 53.2 Å². The third kappa shape index (κ3) is 18.9. The van der Waals surface area contributed by atoms with Gasteiger partial charge in [0.25, 0.3) is 0 Å². The Balaban J connectivity index is 1.69. The van der Waals surface area contributed by atoms with Crippen LogP contribution in [0.3, 0.4) is 0 Å². The van der Waals surface area contributed by atoms with E-state index in [9.17, 15) is 56.7 Å². The number of rotatable bonds is 30. The molecule has 12 N–H and O–H groups in total. The second-order valence-electron chi connectivity index (χ2n) is 17.9. The molecular formula is C47H70N10O13S. The summed E-state index contributed by atoms with van der Waals surface area (Å²) < 4.78 is 33.8. The van der Waals surface area contributed by atoms with Crippen LogP contribution in [0.15, 0.2) is 59.5 Å². The molecule has 392 valence electrons. The Morgan fingerprint density at radius 2 is 1.38 bits per heavy atom. The number of likely N-dealkylation sites (N-methyl/N-ethyl adjacent to an activating group) is 1. The highest BCUT2D eigenvalue weighted by molar-refractivity contribution is 7.89. The summed E-state index contributed by atoms with van der Waals surface area (Å²) >= 11 is 0. The van der Waals surface area contributed by atoms with Gasteiger partial charge in [-0.15, -0.1) is 0 Å². The number of nitrogens with one attached hydrogen (secondary N) is 5. The van der Waals surface area contributed by atoms with Crippen molar-refractivity contribution < 1.29 is 61.4 Å². The normalized spacial score (nSPS) is 16.0. The number of para-hydroxylation sites is 1. The zero-order valence-electron chi connectivity index (χ0n) is 40.9. The van der Waals surface area contributed by atoms with E-state index in [0.29, 0.717) is 37.3 Å². The van der Waals surface area contributed by atoms with Gasteiger partial charge in [0.05, 0.1) is 17.7 Å². The molecule has 23 nitrogen and oxygen atoms in total. The number of hydrogen-bond acceptors (Lipinski definition) is 13. The summed E-state index contributed by atoms with van der Waals surface area (Å²) in [6, 6.07) is 6.85. The van der Waals surface area contributed by atoms with Crippen molar-refractivity contribution in [2.75, 3.05) is 26.7 Å². The number of sulfonamides is 1. The van der Waals surface area contributed by atoms with Gasteiger partial charge in [0, 0.05) is 39.0 Å². The highest BCUT2D eigenvalue weighted by Gasteiger charge is 2.41. The molecule has 0 bridgehead atoms. The highest BCUT2D eigenvalue weighted by atomic mass is 32.2. The third-order valence-corrected chi connectivity index (χ3v) is 13.2. The lowest BCUT2D eigenvalue weighted by Crippen LogP contribution is -2.60. The lowest BCUT2D eigenvalue weighted by atomic mass is 9.94. The fourth-order valence-corrected chi connectivity index (χ4v) is 9.07. The standard InChI is InChI=1S/C47H70N10O13S/c1-6-29(4)42(47(67)57-23-11-12-30(57)25-38(49)58)56(5)46(66)37(24-28(2)3)55-43(63)34(20-21-48)53-45(65)36(27-41(61)62)54-44(64)35(26-39(50)59)52-40(60)15-10-22-51-71(68,69)33-18-16-32(17-19-33)70-31-13-8-7-9-14-31/h7-9,13-14,16-19,28-30,34-37,42,51H,6,10-12,15,20-27,48H2,1-5H3,(H2,49,58)(H2,50,59)(H,52,60)(H,53,65)(H,54,64)(H,55,63)(H,61,62)/t29-,30-,34-,35-,36-,37-,42-/m0/s1. The molecule has 0 aliphatic carbocycles. The van der Waals surface area contributed by atoms with Gasteiger partial charge in [0.15, 0.2) is 0 Å². The van der Waals surface area contributed by atoms with Crippen molar-refractivity contribution in [3.63, 3.8) is 0 Å². The summed E-state index contributed by atoms with van der Waals surface area (Å²) in [6.45, 7) is 7.29. The van der Waals surface area contributed by atoms with E-state index in [1.807, 2.05) is 33.8 Å². The van der Waals surface area contributed by atoms with Gasteiger partial charge in [-0.3, -0.25) is 43.2 Å². The maximum absolute atomic E-state index is 14.3. The van der Waals surface area contributed by atoms with Crippen molar-refractivity contribution in [2.24, 2.45) is 29.0 Å². The van der Waals surface area contributed by atoms with E-state index < -0.39 is 106 Å². The first-order chi connectivity index (χ1) is 33.5. The van der Waals surface area contributed by atoms with Gasteiger partial charge >= 0.3 is 5.97 Å². The predicted octanol–water partition coefficient (Wildman–Crippen LogP) is -0.0389. The Kier molecular flexibility index (Phi) is 23.3. The number of nitrogens with two attached hydrogens (primary N) is 3. The monoisotopic (exact) mass is 1010 g/mol. The molecule has 1 saturated heterocycles. The van der Waals surface area contributed by atoms with Crippen LogP contribution in [0.2, 0.25) is 0 Å². The van der Waals surface area contributed by atoms with E-state index in [1.165, 1.54) is 36.2 Å². The van der Waals surface area contributed by atoms with Crippen molar-refractivity contribution in [3.05, 3.63) is 54.6 Å². The number of ether oxygens (including phenoxy) is 1. The molecule has 71 heavy (non-hydrogen) atoms. The van der Waals surface area contributed by atoms with Crippen LogP contribution in [0.1, 0.15) is 91.9 Å². The van der Waals surface area contributed by atoms with Gasteiger partial charge in [-0.2, -0.15) is 0 Å². The van der Waals surface area contributed by atoms with Gasteiger partial charge in [-0.1, -0.05) is 52.3 Å². The molecule has 1 heterocycles. The predicted molar refractivity (Wildman–Crippen MR) is 259 cm³/mol. The van der Waals surface area contributed by atoms with Crippen LogP contribution in [0.4, 0.5) is 0 Å². The zero-order valence-corrected chi connectivity index (χ0v) is 41.7. The summed E-state index contributed by atoms with van der Waals surface area (Å²) in [5.41, 5.74) is 16.6. The quantitative estimate of drug-likeness (QED) is 0.0464. The van der Waals surface area contributed by atoms with Crippen LogP contribution >= 0.6 is 0 Å². The molecule has 2 aromatic carbocycles. The van der Waals surface area contributed by atoms with Crippen molar-refractivity contribution in [3.8, 4) is 11.5 Å². The highest BCUT2D eigenvalue weighted by Crippen LogP contribution is 2.26. The number of primary amides is 2. The van der Waals surface area contributed by atoms with Crippen LogP contribution in [-0.4, -0.2) is 139 Å². The fourth-order valence-electron chi connectivity index (χ4n) is 7.99. The van der Waals surface area contributed by atoms with E-state index in [-0.39, 0.29) is 67.8 Å². The van der Waals surface area contributed by atoms with Gasteiger partial charge < -0.3 is 58.1 Å². The SMILES string of the molecule is CC[C@H](C)[C@@H](C(=O)N1CCC[C@H]1CC(N)=O)N(C)C(=O)[C@H](CC(C)C)NC(=O)[C@H](CCN)NC(=O)[C@H](CC(=O)O)NC(=O)[C@H](CC(N)=O)NC(=O)CCCNS(=O)(=O)c1ccc(Oc2ccccc2)cc1. The fraction of sp³-hybridized carbons (Fsp3) is 0.553. The lowest BCUT2D eigenvalue weighted by molar-refractivity contribution is -0.149. The van der Waals surface area contributed by atoms with E-state index >= 15 is 0 Å². The Morgan fingerprint density at radius 3 is 1.94 bits per heavy atom. The number of hydrogen-bond donors (Lipinski definition) is 9. The van der Waals surface area contributed by atoms with E-state index in [0.717, 1.165) is 0 Å². The summed E-state index contributed by atoms with van der Waals surface area (Å²) in [7, 11) is -2.55. The topological polar surface area (TPSA) is 362 Å². The molecule has 0 unspecified atom stereocenters. The molecule has 2 aromatic rings. The molecule has 7 atom stereocenters. The Morgan fingerprint density at radius 1 is 0.803 bits per heavy atom. The summed E-state index contributed by atoms with van der Waals surface area (Å²) in [5.74, 6) is -7.69. The van der Waals surface area contributed by atoms with Gasteiger partial charge in [-0.05, 0) is 86.9 Å². The van der Waals surface area contributed by atoms with Crippen molar-refractivity contribution in [1.29, 1.82) is 0 Å². The molecule has 1 aliphatic heterocycles. The first kappa shape index (κ1) is 58.7. The van der Waals surface area contributed by atoms with Gasteiger partial charge in [-0.25, -0.2) is 13.1 Å². The zero-order chi connectivity index (χ0) is 53.0. The maximum Gasteiger partial charge on any atom is 0.305 e. The summed E-state index contributed by atoms with van der Waals surface area (Å²) in [5, 5.41) is 19.3. The van der Waals surface area contributed by atoms with Crippen molar-refractivity contribution in [1.82, 2.24) is 35.8 Å². The molecule has 8 amide bonds. The second kappa shape index (κ2) is 28.3. The van der Waals surface area contributed by atoms with Crippen LogP contribution in [0.25, 0.3) is 0 Å². The minimum absolute atomic E-state index is 0.0284. The number of carboxylic acid groups (broad SMARTS) is 1. The Bertz CT molecular complexity index is 2280. The first-order valence-corrected chi connectivity index (χ1v) is 25.0. The number of nitrogens with zero attached hydrogens (tertiary/aromatic N) is 2. The number of likely N-dealkylation sites (tertiary alicyclic amines) is 1. The molecule has 0 spiro atoms. The lowest BCUT2D eigenvalue weighted by Gasteiger charge is -2.38. The molecule has 3 rings (SSSR count). The number of carbonyl (C=O) groups excluding carboxylic acids is 8. The molecule has 0 saturated carbocycles. The number of benzene rings is 2. The van der Waals surface area contributed by atoms with E-state index in [1.54, 1.807) is 29.2 Å². The third-order valence-electron chi connectivity index (χ3n) is 11.8. The minimum atomic E-state index is -4.01. The molecule has 1 fully saturated rings. The first-order valence-electron chi connectivity index (χ1n) is 23.6. The van der Waals surface area contributed by atoms with E-state index in [2.05, 4.69) is 26.0 Å². The van der Waals surface area contributed by atoms with Crippen LogP contribution in [0, 0.1) is 11.8 Å². The number of carboxylic acids is 1. The van der Waals surface area contributed by atoms with Crippen LogP contribution in [0.5, 0.6) is 11.5 Å².